The van der Waals surface area contributed by atoms with Crippen LogP contribution in [0.1, 0.15) is 18.2 Å². The minimum Gasteiger partial charge on any atom is -0.497 e. The first-order valence-corrected chi connectivity index (χ1v) is 7.44. The summed E-state index contributed by atoms with van der Waals surface area (Å²) in [5, 5.41) is 0. The average Bonchev–Trinajstić information content (AvgIpc) is 3.05. The molecule has 1 atom stereocenters. The smallest absolute Gasteiger partial charge is 0.289 e. The number of carbonyl (C=O) groups excluding carboxylic acids is 1. The molecule has 1 aromatic carbocycles. The Hall–Kier alpha value is -2.76. The van der Waals surface area contributed by atoms with Crippen molar-refractivity contribution in [3.63, 3.8) is 0 Å². The van der Waals surface area contributed by atoms with Crippen LogP contribution in [0.5, 0.6) is 5.75 Å². The summed E-state index contributed by atoms with van der Waals surface area (Å²) < 4.78 is 10.8. The van der Waals surface area contributed by atoms with Gasteiger partial charge in [-0.3, -0.25) is 4.79 Å². The number of methoxy groups -OCH3 is 1. The third kappa shape index (κ3) is 3.53. The number of nitrogens with zero attached hydrogens (tertiary/aromatic N) is 2. The minimum absolute atomic E-state index is 0.0554. The molecule has 0 unspecified atom stereocenters. The lowest BCUT2D eigenvalue weighted by Gasteiger charge is -2.33. The molecule has 1 N–H and O–H groups in total. The van der Waals surface area contributed by atoms with Gasteiger partial charge < -0.3 is 19.4 Å². The number of aromatic nitrogens is 2. The van der Waals surface area contributed by atoms with E-state index in [2.05, 4.69) is 9.97 Å². The van der Waals surface area contributed by atoms with E-state index in [0.717, 1.165) is 17.0 Å². The summed E-state index contributed by atoms with van der Waals surface area (Å²) in [6, 6.07) is 7.71. The zero-order valence-corrected chi connectivity index (χ0v) is 13.2. The number of nitrogens with one attached hydrogen (secondary N) is 1. The summed E-state index contributed by atoms with van der Waals surface area (Å²) in [6.45, 7) is 3.05. The normalized spacial score (nSPS) is 19.7. The molecule has 0 radical (unpaired) electrons. The van der Waals surface area contributed by atoms with Gasteiger partial charge in [-0.25, -0.2) is 4.98 Å². The second-order valence-corrected chi connectivity index (χ2v) is 5.48. The predicted octanol–water partition coefficient (Wildman–Crippen LogP) is 2.21. The molecule has 3 rings (SSSR count). The Balaban J connectivity index is 1.76. The zero-order chi connectivity index (χ0) is 16.2. The van der Waals surface area contributed by atoms with Crippen molar-refractivity contribution < 1.29 is 14.3 Å². The number of morpholine rings is 1. The molecule has 2 aromatic rings. The maximum atomic E-state index is 12.6. The topological polar surface area (TPSA) is 67.5 Å². The van der Waals surface area contributed by atoms with Gasteiger partial charge in [0.25, 0.3) is 5.91 Å². The van der Waals surface area contributed by atoms with Crippen molar-refractivity contribution in [2.45, 2.75) is 19.6 Å². The summed E-state index contributed by atoms with van der Waals surface area (Å²) in [7, 11) is 1.63. The van der Waals surface area contributed by atoms with Gasteiger partial charge in [0.2, 0.25) is 0 Å². The maximum Gasteiger partial charge on any atom is 0.289 e. The highest BCUT2D eigenvalue weighted by Crippen LogP contribution is 2.21. The van der Waals surface area contributed by atoms with E-state index < -0.39 is 0 Å². The van der Waals surface area contributed by atoms with E-state index in [1.165, 1.54) is 0 Å². The molecule has 1 saturated heterocycles. The molecule has 1 aliphatic heterocycles. The molecular weight excluding hydrogens is 294 g/mol. The minimum atomic E-state index is -0.117. The quantitative estimate of drug-likeness (QED) is 0.879. The molecule has 120 valence electrons. The van der Waals surface area contributed by atoms with Crippen LogP contribution < -0.4 is 4.74 Å². The van der Waals surface area contributed by atoms with Crippen molar-refractivity contribution >= 4 is 12.0 Å². The number of imidazole rings is 1. The van der Waals surface area contributed by atoms with Gasteiger partial charge in [-0.1, -0.05) is 12.1 Å². The van der Waals surface area contributed by atoms with Gasteiger partial charge in [-0.2, -0.15) is 0 Å². The van der Waals surface area contributed by atoms with Crippen LogP contribution in [0.4, 0.5) is 0 Å². The van der Waals surface area contributed by atoms with Crippen LogP contribution in [-0.4, -0.2) is 40.5 Å². The molecule has 6 heteroatoms. The highest BCUT2D eigenvalue weighted by atomic mass is 16.5. The fraction of sp³-hybridized carbons (Fsp3) is 0.294. The van der Waals surface area contributed by atoms with Crippen LogP contribution >= 0.6 is 0 Å². The fourth-order valence-electron chi connectivity index (χ4n) is 2.52. The Labute approximate surface area is 134 Å². The van der Waals surface area contributed by atoms with E-state index in [-0.39, 0.29) is 12.0 Å². The van der Waals surface area contributed by atoms with Crippen LogP contribution in [0.15, 0.2) is 42.5 Å². The van der Waals surface area contributed by atoms with Gasteiger partial charge in [-0.05, 0) is 24.6 Å². The van der Waals surface area contributed by atoms with Gasteiger partial charge in [0.1, 0.15) is 11.9 Å². The first kappa shape index (κ1) is 15.1. The molecule has 1 fully saturated rings. The van der Waals surface area contributed by atoms with E-state index >= 15 is 0 Å². The molecule has 6 nitrogen and oxygen atoms in total. The average molecular weight is 313 g/mol. The number of benzene rings is 1. The largest absolute Gasteiger partial charge is 0.497 e. The van der Waals surface area contributed by atoms with Gasteiger partial charge in [0.05, 0.1) is 31.9 Å². The summed E-state index contributed by atoms with van der Waals surface area (Å²) >= 11 is 0. The van der Waals surface area contributed by atoms with Crippen molar-refractivity contribution in [3.05, 3.63) is 53.8 Å². The first-order valence-electron chi connectivity index (χ1n) is 7.44. The predicted molar refractivity (Wildman–Crippen MR) is 85.5 cm³/mol. The Morgan fingerprint density at radius 3 is 2.87 bits per heavy atom. The standard InChI is InChI=1S/C17H19N3O3/c1-12-9-20(10-13-3-5-15(22-2)6-4-13)17(21)16(23-12)7-14-8-18-11-19-14/h3-8,11-12H,9-10H2,1-2H3,(H,18,19)/b16-7-/t12-/m1/s1. The highest BCUT2D eigenvalue weighted by molar-refractivity contribution is 5.96. The van der Waals surface area contributed by atoms with E-state index in [4.69, 9.17) is 9.47 Å². The third-order valence-corrected chi connectivity index (χ3v) is 3.64. The number of carbonyl (C=O) groups is 1. The Kier molecular flexibility index (Phi) is 4.32. The Morgan fingerprint density at radius 2 is 2.22 bits per heavy atom. The number of hydrogen-bond acceptors (Lipinski definition) is 4. The maximum absolute atomic E-state index is 12.6. The monoisotopic (exact) mass is 313 g/mol. The molecule has 0 aliphatic carbocycles. The molecule has 0 bridgehead atoms. The van der Waals surface area contributed by atoms with E-state index in [0.29, 0.717) is 18.8 Å². The molecule has 0 spiro atoms. The molecule has 23 heavy (non-hydrogen) atoms. The van der Waals surface area contributed by atoms with Crippen LogP contribution in [0.3, 0.4) is 0 Å². The van der Waals surface area contributed by atoms with Crippen LogP contribution in [-0.2, 0) is 16.1 Å². The number of aromatic amines is 1. The number of rotatable bonds is 4. The Morgan fingerprint density at radius 1 is 1.43 bits per heavy atom. The number of ether oxygens (including phenoxy) is 2. The fourth-order valence-corrected chi connectivity index (χ4v) is 2.52. The van der Waals surface area contributed by atoms with Gasteiger partial charge >= 0.3 is 0 Å². The third-order valence-electron chi connectivity index (χ3n) is 3.64. The lowest BCUT2D eigenvalue weighted by atomic mass is 10.1. The summed E-state index contributed by atoms with van der Waals surface area (Å²) in [5.41, 5.74) is 1.79. The lowest BCUT2D eigenvalue weighted by molar-refractivity contribution is -0.139. The van der Waals surface area contributed by atoms with Crippen molar-refractivity contribution in [2.75, 3.05) is 13.7 Å². The summed E-state index contributed by atoms with van der Waals surface area (Å²) in [5.74, 6) is 1.02. The van der Waals surface area contributed by atoms with Crippen LogP contribution in [0.2, 0.25) is 0 Å². The molecule has 1 aromatic heterocycles. The summed E-state index contributed by atoms with van der Waals surface area (Å²) in [6.07, 6.45) is 4.85. The molecule has 1 amide bonds. The van der Waals surface area contributed by atoms with Gasteiger partial charge in [0.15, 0.2) is 5.76 Å². The number of H-pyrrole nitrogens is 1. The Bertz CT molecular complexity index is 692. The van der Waals surface area contributed by atoms with E-state index in [9.17, 15) is 4.79 Å². The van der Waals surface area contributed by atoms with E-state index in [1.54, 1.807) is 30.6 Å². The van der Waals surface area contributed by atoms with Crippen molar-refractivity contribution in [2.24, 2.45) is 0 Å². The van der Waals surface area contributed by atoms with Gasteiger partial charge in [0, 0.05) is 12.6 Å². The first-order chi connectivity index (χ1) is 11.2. The van der Waals surface area contributed by atoms with Crippen LogP contribution in [0, 0.1) is 0 Å². The second kappa shape index (κ2) is 6.56. The van der Waals surface area contributed by atoms with E-state index in [1.807, 2.05) is 31.2 Å². The molecular formula is C17H19N3O3. The number of hydrogen-bond donors (Lipinski definition) is 1. The van der Waals surface area contributed by atoms with Gasteiger partial charge in [-0.15, -0.1) is 0 Å². The van der Waals surface area contributed by atoms with Crippen molar-refractivity contribution in [1.29, 1.82) is 0 Å². The number of amides is 1. The molecule has 1 aliphatic rings. The second-order valence-electron chi connectivity index (χ2n) is 5.48. The highest BCUT2D eigenvalue weighted by Gasteiger charge is 2.29. The summed E-state index contributed by atoms with van der Waals surface area (Å²) in [4.78, 5) is 21.3. The SMILES string of the molecule is COc1ccc(CN2C[C@@H](C)O/C(=C\c3cnc[nH]3)C2=O)cc1. The molecule has 2 heterocycles. The van der Waals surface area contributed by atoms with Crippen molar-refractivity contribution in [1.82, 2.24) is 14.9 Å². The molecule has 0 saturated carbocycles. The zero-order valence-electron chi connectivity index (χ0n) is 13.2. The van der Waals surface area contributed by atoms with Crippen molar-refractivity contribution in [3.8, 4) is 5.75 Å². The van der Waals surface area contributed by atoms with Crippen LogP contribution in [0.25, 0.3) is 6.08 Å². The lowest BCUT2D eigenvalue weighted by Crippen LogP contribution is -2.43.